The van der Waals surface area contributed by atoms with Crippen molar-refractivity contribution in [2.45, 2.75) is 38.7 Å². The molecule has 0 saturated heterocycles. The molecule has 0 radical (unpaired) electrons. The molecule has 1 aliphatic rings. The van der Waals surface area contributed by atoms with Gasteiger partial charge >= 0.3 is 0 Å². The predicted molar refractivity (Wildman–Crippen MR) is 63.5 cm³/mol. The van der Waals surface area contributed by atoms with Crippen molar-refractivity contribution in [1.29, 1.82) is 0 Å². The average molecular weight is 221 g/mol. The van der Waals surface area contributed by atoms with E-state index >= 15 is 0 Å². The lowest BCUT2D eigenvalue weighted by atomic mass is 10.3. The Bertz CT molecular complexity index is 350. The number of anilines is 1. The Morgan fingerprint density at radius 2 is 2.25 bits per heavy atom. The van der Waals surface area contributed by atoms with Gasteiger partial charge in [-0.1, -0.05) is 6.92 Å². The van der Waals surface area contributed by atoms with Crippen LogP contribution in [0, 0.1) is 0 Å². The first-order valence-electron chi connectivity index (χ1n) is 5.94. The standard InChI is InChI=1S/C12H19N3O/c1-3-6-13-11-7-10(8-16-2)14-12(15-11)9-4-5-9/h7,9H,3-6,8H2,1-2H3,(H,13,14,15). The van der Waals surface area contributed by atoms with E-state index in [2.05, 4.69) is 22.2 Å². The molecule has 1 saturated carbocycles. The lowest BCUT2D eigenvalue weighted by Gasteiger charge is -2.08. The summed E-state index contributed by atoms with van der Waals surface area (Å²) in [7, 11) is 1.69. The largest absolute Gasteiger partial charge is 0.378 e. The highest BCUT2D eigenvalue weighted by molar-refractivity contribution is 5.36. The van der Waals surface area contributed by atoms with E-state index in [0.717, 1.165) is 30.3 Å². The Balaban J connectivity index is 2.14. The van der Waals surface area contributed by atoms with Gasteiger partial charge in [-0.05, 0) is 19.3 Å². The van der Waals surface area contributed by atoms with Crippen LogP contribution in [0.15, 0.2) is 6.07 Å². The molecule has 0 spiro atoms. The van der Waals surface area contributed by atoms with E-state index < -0.39 is 0 Å². The first kappa shape index (κ1) is 11.3. The molecule has 0 aromatic carbocycles. The first-order valence-corrected chi connectivity index (χ1v) is 5.94. The van der Waals surface area contributed by atoms with Gasteiger partial charge in [-0.15, -0.1) is 0 Å². The molecule has 2 rings (SSSR count). The predicted octanol–water partition coefficient (Wildman–Crippen LogP) is 2.32. The second-order valence-corrected chi connectivity index (χ2v) is 4.24. The van der Waals surface area contributed by atoms with E-state index in [9.17, 15) is 0 Å². The van der Waals surface area contributed by atoms with Crippen molar-refractivity contribution in [3.05, 3.63) is 17.6 Å². The van der Waals surface area contributed by atoms with Crippen molar-refractivity contribution >= 4 is 5.82 Å². The molecule has 1 N–H and O–H groups in total. The lowest BCUT2D eigenvalue weighted by Crippen LogP contribution is -2.07. The normalized spacial score (nSPS) is 15.1. The van der Waals surface area contributed by atoms with Gasteiger partial charge in [0.1, 0.15) is 11.6 Å². The molecule has 1 aliphatic carbocycles. The minimum atomic E-state index is 0.559. The van der Waals surface area contributed by atoms with Crippen molar-refractivity contribution in [2.24, 2.45) is 0 Å². The summed E-state index contributed by atoms with van der Waals surface area (Å²) in [5, 5.41) is 3.31. The molecule has 4 nitrogen and oxygen atoms in total. The number of hydrogen-bond acceptors (Lipinski definition) is 4. The average Bonchev–Trinajstić information content (AvgIpc) is 3.10. The zero-order chi connectivity index (χ0) is 11.4. The highest BCUT2D eigenvalue weighted by atomic mass is 16.5. The number of nitrogens with zero attached hydrogens (tertiary/aromatic N) is 2. The molecule has 0 aliphatic heterocycles. The summed E-state index contributed by atoms with van der Waals surface area (Å²) in [6.07, 6.45) is 3.55. The number of ether oxygens (including phenoxy) is 1. The zero-order valence-corrected chi connectivity index (χ0v) is 9.99. The smallest absolute Gasteiger partial charge is 0.134 e. The summed E-state index contributed by atoms with van der Waals surface area (Å²) in [5.41, 5.74) is 0.970. The van der Waals surface area contributed by atoms with E-state index in [1.807, 2.05) is 6.07 Å². The molecule has 16 heavy (non-hydrogen) atoms. The van der Waals surface area contributed by atoms with Gasteiger partial charge in [-0.25, -0.2) is 9.97 Å². The van der Waals surface area contributed by atoms with Gasteiger partial charge in [0, 0.05) is 25.6 Å². The van der Waals surface area contributed by atoms with Crippen LogP contribution in [0.5, 0.6) is 0 Å². The molecule has 88 valence electrons. The number of aromatic nitrogens is 2. The summed E-state index contributed by atoms with van der Waals surface area (Å²) in [6.45, 7) is 3.66. The quantitative estimate of drug-likeness (QED) is 0.800. The Hall–Kier alpha value is -1.16. The Labute approximate surface area is 96.4 Å². The van der Waals surface area contributed by atoms with E-state index in [0.29, 0.717) is 12.5 Å². The first-order chi connectivity index (χ1) is 7.83. The minimum absolute atomic E-state index is 0.559. The Kier molecular flexibility index (Phi) is 3.72. The van der Waals surface area contributed by atoms with Crippen LogP contribution < -0.4 is 5.32 Å². The third kappa shape index (κ3) is 2.92. The molecule has 1 heterocycles. The number of rotatable bonds is 6. The van der Waals surface area contributed by atoms with Crippen LogP contribution in [0.1, 0.15) is 43.6 Å². The maximum atomic E-state index is 5.12. The number of nitrogens with one attached hydrogen (secondary N) is 1. The molecule has 0 amide bonds. The van der Waals surface area contributed by atoms with E-state index in [4.69, 9.17) is 4.74 Å². The van der Waals surface area contributed by atoms with Crippen LogP contribution in [0.2, 0.25) is 0 Å². The molecule has 1 aromatic heterocycles. The van der Waals surface area contributed by atoms with Crippen molar-refractivity contribution in [3.63, 3.8) is 0 Å². The summed E-state index contributed by atoms with van der Waals surface area (Å²) < 4.78 is 5.12. The fourth-order valence-electron chi connectivity index (χ4n) is 1.61. The SMILES string of the molecule is CCCNc1cc(COC)nc(C2CC2)n1. The van der Waals surface area contributed by atoms with Gasteiger partial charge in [0.2, 0.25) is 0 Å². The summed E-state index contributed by atoms with van der Waals surface area (Å²) in [5.74, 6) is 2.50. The van der Waals surface area contributed by atoms with Crippen molar-refractivity contribution < 1.29 is 4.74 Å². The monoisotopic (exact) mass is 221 g/mol. The number of methoxy groups -OCH3 is 1. The van der Waals surface area contributed by atoms with Crippen molar-refractivity contribution in [2.75, 3.05) is 19.0 Å². The van der Waals surface area contributed by atoms with Gasteiger partial charge in [0.15, 0.2) is 0 Å². The Morgan fingerprint density at radius 1 is 1.44 bits per heavy atom. The van der Waals surface area contributed by atoms with Crippen LogP contribution >= 0.6 is 0 Å². The van der Waals surface area contributed by atoms with Gasteiger partial charge in [0.25, 0.3) is 0 Å². The second kappa shape index (κ2) is 5.25. The van der Waals surface area contributed by atoms with Crippen LogP contribution in [0.4, 0.5) is 5.82 Å². The van der Waals surface area contributed by atoms with Crippen LogP contribution in [-0.2, 0) is 11.3 Å². The maximum Gasteiger partial charge on any atom is 0.134 e. The van der Waals surface area contributed by atoms with Crippen molar-refractivity contribution in [1.82, 2.24) is 9.97 Å². The van der Waals surface area contributed by atoms with Gasteiger partial charge in [0.05, 0.1) is 12.3 Å². The summed E-state index contributed by atoms with van der Waals surface area (Å²) >= 11 is 0. The molecular formula is C12H19N3O. The molecule has 0 bridgehead atoms. The van der Waals surface area contributed by atoms with E-state index in [-0.39, 0.29) is 0 Å². The summed E-state index contributed by atoms with van der Waals surface area (Å²) in [6, 6.07) is 1.98. The van der Waals surface area contributed by atoms with Crippen LogP contribution in [0.25, 0.3) is 0 Å². The maximum absolute atomic E-state index is 5.12. The summed E-state index contributed by atoms with van der Waals surface area (Å²) in [4.78, 5) is 9.05. The van der Waals surface area contributed by atoms with E-state index in [1.165, 1.54) is 12.8 Å². The van der Waals surface area contributed by atoms with E-state index in [1.54, 1.807) is 7.11 Å². The van der Waals surface area contributed by atoms with Crippen LogP contribution in [-0.4, -0.2) is 23.6 Å². The molecular weight excluding hydrogens is 202 g/mol. The fourth-order valence-corrected chi connectivity index (χ4v) is 1.61. The minimum Gasteiger partial charge on any atom is -0.378 e. The number of hydrogen-bond donors (Lipinski definition) is 1. The topological polar surface area (TPSA) is 47.0 Å². The van der Waals surface area contributed by atoms with Crippen molar-refractivity contribution in [3.8, 4) is 0 Å². The van der Waals surface area contributed by atoms with Gasteiger partial charge in [-0.3, -0.25) is 0 Å². The second-order valence-electron chi connectivity index (χ2n) is 4.24. The molecule has 0 atom stereocenters. The lowest BCUT2D eigenvalue weighted by molar-refractivity contribution is 0.181. The Morgan fingerprint density at radius 3 is 2.88 bits per heavy atom. The highest BCUT2D eigenvalue weighted by Crippen LogP contribution is 2.38. The molecule has 4 heteroatoms. The molecule has 0 unspecified atom stereocenters. The fraction of sp³-hybridized carbons (Fsp3) is 0.667. The highest BCUT2D eigenvalue weighted by Gasteiger charge is 2.27. The third-order valence-electron chi connectivity index (χ3n) is 2.59. The van der Waals surface area contributed by atoms with Gasteiger partial charge < -0.3 is 10.1 Å². The van der Waals surface area contributed by atoms with Crippen LogP contribution in [0.3, 0.4) is 0 Å². The molecule has 1 fully saturated rings. The molecule has 1 aromatic rings. The zero-order valence-electron chi connectivity index (χ0n) is 9.99. The van der Waals surface area contributed by atoms with Gasteiger partial charge in [-0.2, -0.15) is 0 Å². The third-order valence-corrected chi connectivity index (χ3v) is 2.59.